The highest BCUT2D eigenvalue weighted by atomic mass is 16.5. The van der Waals surface area contributed by atoms with Gasteiger partial charge in [0.1, 0.15) is 17.2 Å². The van der Waals surface area contributed by atoms with Crippen LogP contribution in [-0.2, 0) is 0 Å². The van der Waals surface area contributed by atoms with Gasteiger partial charge in [0.2, 0.25) is 0 Å². The Bertz CT molecular complexity index is 739. The minimum atomic E-state index is -0.190. The zero-order valence-electron chi connectivity index (χ0n) is 13.6. The van der Waals surface area contributed by atoms with Crippen molar-refractivity contribution in [2.75, 3.05) is 28.4 Å². The number of rotatable bonds is 4. The number of methoxy groups -OCH3 is 3. The first-order chi connectivity index (χ1) is 11.1. The molecule has 0 fully saturated rings. The van der Waals surface area contributed by atoms with E-state index in [0.29, 0.717) is 17.1 Å². The molecular weight excluding hydrogens is 294 g/mol. The zero-order chi connectivity index (χ0) is 16.6. The van der Waals surface area contributed by atoms with Crippen LogP contribution in [-0.4, -0.2) is 39.2 Å². The Kier molecular flexibility index (Phi) is 3.86. The number of fused-ring (bicyclic) bond motifs is 1. The van der Waals surface area contributed by atoms with Crippen molar-refractivity contribution in [1.29, 1.82) is 0 Å². The molecule has 3 rings (SSSR count). The predicted molar refractivity (Wildman–Crippen MR) is 86.5 cm³/mol. The van der Waals surface area contributed by atoms with Crippen LogP contribution in [0, 0.1) is 0 Å². The van der Waals surface area contributed by atoms with Gasteiger partial charge in [0.25, 0.3) is 5.91 Å². The number of ether oxygens (including phenoxy) is 3. The zero-order valence-corrected chi connectivity index (χ0v) is 13.6. The molecule has 1 amide bonds. The highest BCUT2D eigenvalue weighted by Crippen LogP contribution is 2.44. The molecule has 5 heteroatoms. The van der Waals surface area contributed by atoms with Gasteiger partial charge in [-0.3, -0.25) is 4.79 Å². The number of hydrogen-bond acceptors (Lipinski definition) is 4. The Hall–Kier alpha value is -2.69. The highest BCUT2D eigenvalue weighted by Gasteiger charge is 2.38. The number of carbonyl (C=O) groups excluding carboxylic acids is 1. The summed E-state index contributed by atoms with van der Waals surface area (Å²) in [4.78, 5) is 14.3. The van der Waals surface area contributed by atoms with Crippen molar-refractivity contribution in [2.45, 2.75) is 6.04 Å². The van der Waals surface area contributed by atoms with Crippen LogP contribution in [0.2, 0.25) is 0 Å². The van der Waals surface area contributed by atoms with Gasteiger partial charge in [0, 0.05) is 18.7 Å². The Morgan fingerprint density at radius 1 is 0.913 bits per heavy atom. The normalized spacial score (nSPS) is 16.3. The second kappa shape index (κ2) is 5.83. The number of amides is 1. The molecule has 1 aliphatic heterocycles. The fourth-order valence-electron chi connectivity index (χ4n) is 3.02. The van der Waals surface area contributed by atoms with Gasteiger partial charge in [-0.05, 0) is 23.8 Å². The van der Waals surface area contributed by atoms with E-state index in [9.17, 15) is 4.79 Å². The molecule has 0 radical (unpaired) electrons. The third kappa shape index (κ3) is 2.38. The summed E-state index contributed by atoms with van der Waals surface area (Å²) in [6.07, 6.45) is 0. The Morgan fingerprint density at radius 2 is 1.57 bits per heavy atom. The lowest BCUT2D eigenvalue weighted by Gasteiger charge is -2.22. The van der Waals surface area contributed by atoms with Crippen LogP contribution in [0.1, 0.15) is 27.5 Å². The van der Waals surface area contributed by atoms with Gasteiger partial charge in [0.15, 0.2) is 0 Å². The summed E-state index contributed by atoms with van der Waals surface area (Å²) in [5, 5.41) is 0. The van der Waals surface area contributed by atoms with Crippen LogP contribution in [0.3, 0.4) is 0 Å². The summed E-state index contributed by atoms with van der Waals surface area (Å²) >= 11 is 0. The summed E-state index contributed by atoms with van der Waals surface area (Å²) < 4.78 is 16.0. The molecule has 5 nitrogen and oxygen atoms in total. The van der Waals surface area contributed by atoms with Gasteiger partial charge >= 0.3 is 0 Å². The third-order valence-electron chi connectivity index (χ3n) is 4.21. The molecule has 0 aromatic heterocycles. The fourth-order valence-corrected chi connectivity index (χ4v) is 3.02. The van der Waals surface area contributed by atoms with Crippen LogP contribution in [0.15, 0.2) is 36.4 Å². The minimum absolute atomic E-state index is 0.0435. The quantitative estimate of drug-likeness (QED) is 0.871. The van der Waals surface area contributed by atoms with Gasteiger partial charge in [-0.15, -0.1) is 0 Å². The topological polar surface area (TPSA) is 48.0 Å². The molecular formula is C18H19NO4. The molecule has 2 aromatic carbocycles. The number of carbonyl (C=O) groups is 1. The van der Waals surface area contributed by atoms with Crippen molar-refractivity contribution in [3.8, 4) is 17.2 Å². The second-order valence-electron chi connectivity index (χ2n) is 5.38. The monoisotopic (exact) mass is 313 g/mol. The van der Waals surface area contributed by atoms with E-state index in [-0.39, 0.29) is 11.9 Å². The van der Waals surface area contributed by atoms with Crippen LogP contribution in [0.25, 0.3) is 0 Å². The van der Waals surface area contributed by atoms with Gasteiger partial charge < -0.3 is 19.1 Å². The summed E-state index contributed by atoms with van der Waals surface area (Å²) in [6.45, 7) is 0. The molecule has 0 spiro atoms. The highest BCUT2D eigenvalue weighted by molar-refractivity contribution is 6.01. The third-order valence-corrected chi connectivity index (χ3v) is 4.21. The Morgan fingerprint density at radius 3 is 2.13 bits per heavy atom. The van der Waals surface area contributed by atoms with Crippen LogP contribution in [0.5, 0.6) is 17.2 Å². The lowest BCUT2D eigenvalue weighted by atomic mass is 9.96. The Labute approximate surface area is 135 Å². The summed E-state index contributed by atoms with van der Waals surface area (Å²) in [5.74, 6) is 2.00. The molecule has 23 heavy (non-hydrogen) atoms. The molecule has 120 valence electrons. The second-order valence-corrected chi connectivity index (χ2v) is 5.38. The standard InChI is InChI=1S/C18H19NO4/c1-19-17(11-5-7-12(21-2)8-6-11)16-14(18(19)20)9-13(22-3)10-15(16)23-4/h5-10,17H,1-4H3. The molecule has 1 atom stereocenters. The van der Waals surface area contributed by atoms with Crippen molar-refractivity contribution in [1.82, 2.24) is 4.90 Å². The van der Waals surface area contributed by atoms with Crippen molar-refractivity contribution >= 4 is 5.91 Å². The van der Waals surface area contributed by atoms with Gasteiger partial charge in [-0.2, -0.15) is 0 Å². The van der Waals surface area contributed by atoms with Gasteiger partial charge in [0.05, 0.1) is 32.9 Å². The van der Waals surface area contributed by atoms with E-state index >= 15 is 0 Å². The first-order valence-corrected chi connectivity index (χ1v) is 7.27. The number of hydrogen-bond donors (Lipinski definition) is 0. The smallest absolute Gasteiger partial charge is 0.255 e. The number of nitrogens with zero attached hydrogens (tertiary/aromatic N) is 1. The van der Waals surface area contributed by atoms with E-state index in [1.54, 1.807) is 39.3 Å². The van der Waals surface area contributed by atoms with Crippen LogP contribution >= 0.6 is 0 Å². The maximum atomic E-state index is 12.6. The molecule has 0 aliphatic carbocycles. The molecule has 0 saturated heterocycles. The number of benzene rings is 2. The Balaban J connectivity index is 2.15. The van der Waals surface area contributed by atoms with Crippen molar-refractivity contribution in [2.24, 2.45) is 0 Å². The van der Waals surface area contributed by atoms with Crippen LogP contribution < -0.4 is 14.2 Å². The average molecular weight is 313 g/mol. The maximum absolute atomic E-state index is 12.6. The fraction of sp³-hybridized carbons (Fsp3) is 0.278. The minimum Gasteiger partial charge on any atom is -0.497 e. The van der Waals surface area contributed by atoms with Crippen molar-refractivity contribution < 1.29 is 19.0 Å². The molecule has 1 aliphatic rings. The van der Waals surface area contributed by atoms with E-state index in [2.05, 4.69) is 0 Å². The maximum Gasteiger partial charge on any atom is 0.255 e. The predicted octanol–water partition coefficient (Wildman–Crippen LogP) is 2.89. The van der Waals surface area contributed by atoms with E-state index in [4.69, 9.17) is 14.2 Å². The summed E-state index contributed by atoms with van der Waals surface area (Å²) in [7, 11) is 6.60. The summed E-state index contributed by atoms with van der Waals surface area (Å²) in [6, 6.07) is 11.1. The molecule has 0 saturated carbocycles. The summed E-state index contributed by atoms with van der Waals surface area (Å²) in [5.41, 5.74) is 2.49. The first kappa shape index (κ1) is 15.2. The molecule has 0 N–H and O–H groups in total. The van der Waals surface area contributed by atoms with Gasteiger partial charge in [-0.25, -0.2) is 0 Å². The molecule has 1 unspecified atom stereocenters. The largest absolute Gasteiger partial charge is 0.497 e. The average Bonchev–Trinajstić information content (AvgIpc) is 2.85. The molecule has 2 aromatic rings. The van der Waals surface area contributed by atoms with E-state index in [1.807, 2.05) is 30.3 Å². The van der Waals surface area contributed by atoms with E-state index in [0.717, 1.165) is 16.9 Å². The van der Waals surface area contributed by atoms with Crippen LogP contribution in [0.4, 0.5) is 0 Å². The van der Waals surface area contributed by atoms with E-state index < -0.39 is 0 Å². The molecule has 0 bridgehead atoms. The first-order valence-electron chi connectivity index (χ1n) is 7.27. The molecule has 1 heterocycles. The van der Waals surface area contributed by atoms with Gasteiger partial charge in [-0.1, -0.05) is 12.1 Å². The SMILES string of the molecule is COc1ccc(C2c3c(OC)cc(OC)cc3C(=O)N2C)cc1. The van der Waals surface area contributed by atoms with Crippen molar-refractivity contribution in [3.05, 3.63) is 53.1 Å². The van der Waals surface area contributed by atoms with Crippen molar-refractivity contribution in [3.63, 3.8) is 0 Å². The lowest BCUT2D eigenvalue weighted by Crippen LogP contribution is -2.23. The lowest BCUT2D eigenvalue weighted by molar-refractivity contribution is 0.0793. The van der Waals surface area contributed by atoms with E-state index in [1.165, 1.54) is 0 Å².